The lowest BCUT2D eigenvalue weighted by Gasteiger charge is -2.15. The average molecular weight is 264 g/mol. The number of carboxylic acid groups (broad SMARTS) is 1. The quantitative estimate of drug-likeness (QED) is 0.722. The van der Waals surface area contributed by atoms with Crippen LogP contribution < -0.4 is 11.1 Å². The molecule has 1 fully saturated rings. The minimum atomic E-state index is -0.942. The number of hydrogen-bond donors (Lipinski definition) is 3. The molecule has 0 radical (unpaired) electrons. The summed E-state index contributed by atoms with van der Waals surface area (Å²) in [5.74, 6) is -1.57. The van der Waals surface area contributed by atoms with Crippen LogP contribution in [-0.2, 0) is 20.7 Å². The van der Waals surface area contributed by atoms with Crippen molar-refractivity contribution in [2.24, 2.45) is 11.7 Å². The van der Waals surface area contributed by atoms with Gasteiger partial charge in [0.25, 0.3) is 0 Å². The molecule has 102 valence electrons. The van der Waals surface area contributed by atoms with Crippen LogP contribution >= 0.6 is 0 Å². The highest BCUT2D eigenvalue weighted by Crippen LogP contribution is 2.19. The Morgan fingerprint density at radius 3 is 2.74 bits per heavy atom. The normalized spacial score (nSPS) is 22.2. The number of carbonyl (C=O) groups is 2. The molecule has 1 saturated heterocycles. The Labute approximate surface area is 110 Å². The first-order chi connectivity index (χ1) is 9.08. The number of ether oxygens (including phenoxy) is 1. The third-order valence-electron chi connectivity index (χ3n) is 3.08. The number of carbonyl (C=O) groups excluding carboxylic acids is 1. The van der Waals surface area contributed by atoms with Crippen LogP contribution in [0.2, 0.25) is 0 Å². The van der Waals surface area contributed by atoms with Crippen molar-refractivity contribution < 1.29 is 19.4 Å². The second kappa shape index (κ2) is 5.81. The van der Waals surface area contributed by atoms with E-state index >= 15 is 0 Å². The zero-order valence-corrected chi connectivity index (χ0v) is 10.3. The summed E-state index contributed by atoms with van der Waals surface area (Å²) in [6.07, 6.45) is -0.135. The van der Waals surface area contributed by atoms with Crippen molar-refractivity contribution >= 4 is 17.6 Å². The monoisotopic (exact) mass is 264 g/mol. The van der Waals surface area contributed by atoms with E-state index in [-0.39, 0.29) is 18.4 Å². The minimum Gasteiger partial charge on any atom is -0.481 e. The first-order valence-corrected chi connectivity index (χ1v) is 6.02. The van der Waals surface area contributed by atoms with Gasteiger partial charge in [0.15, 0.2) is 0 Å². The number of rotatable bonds is 4. The number of aliphatic carboxylic acids is 1. The number of nitrogens with two attached hydrogens (primary N) is 1. The Bertz CT molecular complexity index is 489. The second-order valence-electron chi connectivity index (χ2n) is 4.52. The van der Waals surface area contributed by atoms with Gasteiger partial charge in [0, 0.05) is 11.7 Å². The topological polar surface area (TPSA) is 102 Å². The minimum absolute atomic E-state index is 0.135. The fraction of sp³-hybridized carbons (Fsp3) is 0.385. The zero-order valence-electron chi connectivity index (χ0n) is 10.3. The van der Waals surface area contributed by atoms with Gasteiger partial charge in [-0.3, -0.25) is 9.59 Å². The molecule has 0 bridgehead atoms. The summed E-state index contributed by atoms with van der Waals surface area (Å²) >= 11 is 0. The lowest BCUT2D eigenvalue weighted by molar-refractivity contribution is -0.136. The van der Waals surface area contributed by atoms with Crippen molar-refractivity contribution in [3.8, 4) is 0 Å². The van der Waals surface area contributed by atoms with Gasteiger partial charge in [-0.05, 0) is 11.6 Å². The summed E-state index contributed by atoms with van der Waals surface area (Å²) in [5.41, 5.74) is 6.85. The van der Waals surface area contributed by atoms with Gasteiger partial charge in [0.2, 0.25) is 5.91 Å². The molecule has 0 aromatic heterocycles. The highest BCUT2D eigenvalue weighted by Gasteiger charge is 2.31. The second-order valence-corrected chi connectivity index (χ2v) is 4.52. The molecule has 6 heteroatoms. The zero-order chi connectivity index (χ0) is 13.8. The van der Waals surface area contributed by atoms with E-state index in [1.807, 2.05) is 0 Å². The number of anilines is 1. The van der Waals surface area contributed by atoms with E-state index < -0.39 is 11.9 Å². The van der Waals surface area contributed by atoms with Crippen LogP contribution in [0.1, 0.15) is 5.56 Å². The van der Waals surface area contributed by atoms with Crippen LogP contribution in [-0.4, -0.2) is 36.2 Å². The first kappa shape index (κ1) is 13.5. The smallest absolute Gasteiger partial charge is 0.307 e. The van der Waals surface area contributed by atoms with Crippen molar-refractivity contribution in [3.05, 3.63) is 29.8 Å². The fourth-order valence-electron chi connectivity index (χ4n) is 2.03. The molecule has 1 aliphatic rings. The van der Waals surface area contributed by atoms with Crippen LogP contribution in [0.4, 0.5) is 5.69 Å². The molecular formula is C13H16N2O4. The van der Waals surface area contributed by atoms with Crippen molar-refractivity contribution in [2.45, 2.75) is 12.5 Å². The van der Waals surface area contributed by atoms with Crippen molar-refractivity contribution in [1.29, 1.82) is 0 Å². The van der Waals surface area contributed by atoms with E-state index in [9.17, 15) is 9.59 Å². The molecule has 1 aliphatic heterocycles. The molecular weight excluding hydrogens is 248 g/mol. The Balaban J connectivity index is 2.10. The number of amides is 1. The van der Waals surface area contributed by atoms with Gasteiger partial charge < -0.3 is 20.9 Å². The Morgan fingerprint density at radius 1 is 1.37 bits per heavy atom. The molecule has 0 spiro atoms. The fourth-order valence-corrected chi connectivity index (χ4v) is 2.03. The summed E-state index contributed by atoms with van der Waals surface area (Å²) in [6, 6.07) is 6.52. The third-order valence-corrected chi connectivity index (χ3v) is 3.08. The Kier molecular flexibility index (Phi) is 4.13. The van der Waals surface area contributed by atoms with E-state index in [0.29, 0.717) is 24.5 Å². The summed E-state index contributed by atoms with van der Waals surface area (Å²) in [5, 5.41) is 11.6. The van der Waals surface area contributed by atoms with E-state index in [4.69, 9.17) is 15.6 Å². The van der Waals surface area contributed by atoms with E-state index in [2.05, 4.69) is 5.32 Å². The molecule has 4 N–H and O–H groups in total. The predicted octanol–water partition coefficient (Wildman–Crippen LogP) is 0.226. The highest BCUT2D eigenvalue weighted by molar-refractivity contribution is 5.94. The van der Waals surface area contributed by atoms with Gasteiger partial charge in [0.05, 0.1) is 25.6 Å². The predicted molar refractivity (Wildman–Crippen MR) is 68.7 cm³/mol. The van der Waals surface area contributed by atoms with Crippen molar-refractivity contribution in [3.63, 3.8) is 0 Å². The first-order valence-electron chi connectivity index (χ1n) is 6.02. The molecule has 0 aliphatic carbocycles. The maximum absolute atomic E-state index is 12.0. The van der Waals surface area contributed by atoms with Crippen molar-refractivity contribution in [2.75, 3.05) is 18.5 Å². The lowest BCUT2D eigenvalue weighted by atomic mass is 10.0. The molecule has 19 heavy (non-hydrogen) atoms. The molecule has 2 atom stereocenters. The summed E-state index contributed by atoms with van der Waals surface area (Å²) < 4.78 is 5.14. The SMILES string of the molecule is NC1COCC1C(=O)Nc1ccccc1CC(=O)O. The van der Waals surface area contributed by atoms with Gasteiger partial charge in [0.1, 0.15) is 0 Å². The molecule has 2 rings (SSSR count). The van der Waals surface area contributed by atoms with E-state index in [1.165, 1.54) is 0 Å². The summed E-state index contributed by atoms with van der Waals surface area (Å²) in [4.78, 5) is 22.8. The van der Waals surface area contributed by atoms with Gasteiger partial charge in [-0.2, -0.15) is 0 Å². The standard InChI is InChI=1S/C13H16N2O4/c14-10-7-19-6-9(10)13(18)15-11-4-2-1-3-8(11)5-12(16)17/h1-4,9-10H,5-7,14H2,(H,15,18)(H,16,17). The van der Waals surface area contributed by atoms with E-state index in [0.717, 1.165) is 0 Å². The maximum atomic E-state index is 12.0. The van der Waals surface area contributed by atoms with Gasteiger partial charge in [-0.25, -0.2) is 0 Å². The van der Waals surface area contributed by atoms with Gasteiger partial charge in [-0.1, -0.05) is 18.2 Å². The van der Waals surface area contributed by atoms with Crippen LogP contribution in [0.25, 0.3) is 0 Å². The highest BCUT2D eigenvalue weighted by atomic mass is 16.5. The maximum Gasteiger partial charge on any atom is 0.307 e. The summed E-state index contributed by atoms with van der Waals surface area (Å²) in [7, 11) is 0. The lowest BCUT2D eigenvalue weighted by Crippen LogP contribution is -2.37. The Hall–Kier alpha value is -1.92. The molecule has 1 aromatic rings. The van der Waals surface area contributed by atoms with Crippen LogP contribution in [0.3, 0.4) is 0 Å². The average Bonchev–Trinajstić information content (AvgIpc) is 2.77. The number of nitrogens with one attached hydrogen (secondary N) is 1. The number of carboxylic acids is 1. The van der Waals surface area contributed by atoms with E-state index in [1.54, 1.807) is 24.3 Å². The Morgan fingerprint density at radius 2 is 2.11 bits per heavy atom. The number of para-hydroxylation sites is 1. The van der Waals surface area contributed by atoms with Crippen LogP contribution in [0, 0.1) is 5.92 Å². The van der Waals surface area contributed by atoms with Crippen molar-refractivity contribution in [1.82, 2.24) is 0 Å². The molecule has 1 heterocycles. The third kappa shape index (κ3) is 3.30. The van der Waals surface area contributed by atoms with Crippen LogP contribution in [0.15, 0.2) is 24.3 Å². The number of hydrogen-bond acceptors (Lipinski definition) is 4. The molecule has 1 amide bonds. The van der Waals surface area contributed by atoms with Crippen LogP contribution in [0.5, 0.6) is 0 Å². The van der Waals surface area contributed by atoms with Gasteiger partial charge in [-0.15, -0.1) is 0 Å². The molecule has 1 aromatic carbocycles. The number of benzene rings is 1. The summed E-state index contributed by atoms with van der Waals surface area (Å²) in [6.45, 7) is 0.670. The molecule has 6 nitrogen and oxygen atoms in total. The van der Waals surface area contributed by atoms with Gasteiger partial charge >= 0.3 is 5.97 Å². The molecule has 0 saturated carbocycles. The largest absolute Gasteiger partial charge is 0.481 e. The molecule has 2 unspecified atom stereocenters.